The van der Waals surface area contributed by atoms with E-state index in [0.717, 1.165) is 25.9 Å². The van der Waals surface area contributed by atoms with E-state index in [1.54, 1.807) is 0 Å². The standard InChI is InChI=1S/C10H19N3O/c1-7(2)9(11)13-10(14)8-4-3-5-12-6-8/h7-8,12H,3-6H2,1-2H3,(H2,11,13,14). The molecule has 0 saturated carbocycles. The summed E-state index contributed by atoms with van der Waals surface area (Å²) in [5.41, 5.74) is 5.63. The number of nitrogens with two attached hydrogens (primary N) is 1. The third-order valence-corrected chi connectivity index (χ3v) is 2.48. The van der Waals surface area contributed by atoms with E-state index in [-0.39, 0.29) is 17.7 Å². The minimum Gasteiger partial charge on any atom is -0.387 e. The van der Waals surface area contributed by atoms with Crippen molar-refractivity contribution in [1.82, 2.24) is 5.32 Å². The number of nitrogens with zero attached hydrogens (tertiary/aromatic N) is 1. The van der Waals surface area contributed by atoms with Crippen LogP contribution in [0.5, 0.6) is 0 Å². The second-order valence-corrected chi connectivity index (χ2v) is 4.07. The van der Waals surface area contributed by atoms with E-state index in [1.807, 2.05) is 13.8 Å². The molecule has 14 heavy (non-hydrogen) atoms. The number of aliphatic imine (C=N–C) groups is 1. The van der Waals surface area contributed by atoms with Gasteiger partial charge >= 0.3 is 0 Å². The first-order valence-corrected chi connectivity index (χ1v) is 5.20. The molecule has 1 heterocycles. The van der Waals surface area contributed by atoms with Gasteiger partial charge in [-0.1, -0.05) is 13.8 Å². The molecular weight excluding hydrogens is 178 g/mol. The van der Waals surface area contributed by atoms with Gasteiger partial charge in [0, 0.05) is 12.5 Å². The van der Waals surface area contributed by atoms with E-state index >= 15 is 0 Å². The van der Waals surface area contributed by atoms with Crippen molar-refractivity contribution in [3.8, 4) is 0 Å². The fraction of sp³-hybridized carbons (Fsp3) is 0.800. The zero-order valence-electron chi connectivity index (χ0n) is 8.92. The summed E-state index contributed by atoms with van der Waals surface area (Å²) >= 11 is 0. The zero-order chi connectivity index (χ0) is 10.6. The van der Waals surface area contributed by atoms with Crippen molar-refractivity contribution in [2.24, 2.45) is 22.6 Å². The Morgan fingerprint density at radius 1 is 1.57 bits per heavy atom. The van der Waals surface area contributed by atoms with Gasteiger partial charge in [0.15, 0.2) is 0 Å². The molecule has 3 N–H and O–H groups in total. The summed E-state index contributed by atoms with van der Waals surface area (Å²) in [6, 6.07) is 0. The molecule has 1 aliphatic rings. The molecule has 1 fully saturated rings. The fourth-order valence-electron chi connectivity index (χ4n) is 1.41. The van der Waals surface area contributed by atoms with Crippen LogP contribution < -0.4 is 11.1 Å². The molecule has 1 unspecified atom stereocenters. The monoisotopic (exact) mass is 197 g/mol. The van der Waals surface area contributed by atoms with Gasteiger partial charge in [-0.3, -0.25) is 4.79 Å². The Kier molecular flexibility index (Phi) is 4.07. The minimum atomic E-state index is -0.0663. The van der Waals surface area contributed by atoms with Crippen molar-refractivity contribution < 1.29 is 4.79 Å². The number of piperidine rings is 1. The summed E-state index contributed by atoms with van der Waals surface area (Å²) in [6.07, 6.45) is 1.98. The first kappa shape index (κ1) is 11.2. The molecule has 0 aromatic heterocycles. The number of rotatable bonds is 2. The van der Waals surface area contributed by atoms with Crippen molar-refractivity contribution in [2.45, 2.75) is 26.7 Å². The van der Waals surface area contributed by atoms with Crippen LogP contribution in [0.4, 0.5) is 0 Å². The number of carbonyl (C=O) groups excluding carboxylic acids is 1. The van der Waals surface area contributed by atoms with Crippen molar-refractivity contribution in [3.63, 3.8) is 0 Å². The Labute approximate surface area is 85.0 Å². The molecule has 0 bridgehead atoms. The van der Waals surface area contributed by atoms with E-state index in [4.69, 9.17) is 5.73 Å². The van der Waals surface area contributed by atoms with E-state index in [9.17, 15) is 4.79 Å². The van der Waals surface area contributed by atoms with Crippen LogP contribution in [0.1, 0.15) is 26.7 Å². The van der Waals surface area contributed by atoms with Gasteiger partial charge in [-0.25, -0.2) is 4.99 Å². The highest BCUT2D eigenvalue weighted by atomic mass is 16.1. The van der Waals surface area contributed by atoms with Crippen LogP contribution in [0.3, 0.4) is 0 Å². The summed E-state index contributed by atoms with van der Waals surface area (Å²) in [6.45, 7) is 5.62. The van der Waals surface area contributed by atoms with Crippen molar-refractivity contribution >= 4 is 11.7 Å². The van der Waals surface area contributed by atoms with Crippen molar-refractivity contribution in [1.29, 1.82) is 0 Å². The summed E-state index contributed by atoms with van der Waals surface area (Å²) in [5, 5.41) is 3.19. The SMILES string of the molecule is CC(C)C(N)=NC(=O)C1CCCNC1. The van der Waals surface area contributed by atoms with Crippen LogP contribution >= 0.6 is 0 Å². The topological polar surface area (TPSA) is 67.5 Å². The molecule has 1 aliphatic heterocycles. The first-order valence-electron chi connectivity index (χ1n) is 5.20. The molecule has 80 valence electrons. The van der Waals surface area contributed by atoms with Gasteiger partial charge < -0.3 is 11.1 Å². The highest BCUT2D eigenvalue weighted by Crippen LogP contribution is 2.11. The summed E-state index contributed by atoms with van der Waals surface area (Å²) in [7, 11) is 0. The molecule has 0 radical (unpaired) electrons. The Bertz CT molecular complexity index is 230. The molecule has 0 aromatic rings. The van der Waals surface area contributed by atoms with Crippen molar-refractivity contribution in [2.75, 3.05) is 13.1 Å². The quantitative estimate of drug-likeness (QED) is 0.501. The molecule has 1 atom stereocenters. The van der Waals surface area contributed by atoms with Crippen LogP contribution in [0.25, 0.3) is 0 Å². The number of hydrogen-bond donors (Lipinski definition) is 2. The molecule has 1 rings (SSSR count). The second-order valence-electron chi connectivity index (χ2n) is 4.07. The molecular formula is C10H19N3O. The van der Waals surface area contributed by atoms with Crippen LogP contribution in [-0.2, 0) is 4.79 Å². The lowest BCUT2D eigenvalue weighted by atomic mass is 9.99. The minimum absolute atomic E-state index is 0.0287. The lowest BCUT2D eigenvalue weighted by Gasteiger charge is -2.19. The Morgan fingerprint density at radius 3 is 2.79 bits per heavy atom. The molecule has 1 saturated heterocycles. The van der Waals surface area contributed by atoms with Gasteiger partial charge in [-0.15, -0.1) is 0 Å². The normalized spacial score (nSPS) is 23.9. The maximum Gasteiger partial charge on any atom is 0.251 e. The number of amides is 1. The van der Waals surface area contributed by atoms with Gasteiger partial charge in [-0.05, 0) is 19.4 Å². The van der Waals surface area contributed by atoms with Crippen LogP contribution in [0, 0.1) is 11.8 Å². The number of amidine groups is 1. The average Bonchev–Trinajstić information content (AvgIpc) is 2.19. The third kappa shape index (κ3) is 3.10. The molecule has 0 aromatic carbocycles. The maximum atomic E-state index is 11.6. The highest BCUT2D eigenvalue weighted by Gasteiger charge is 2.20. The van der Waals surface area contributed by atoms with Gasteiger partial charge in [0.05, 0.1) is 5.92 Å². The van der Waals surface area contributed by atoms with Crippen LogP contribution in [0.15, 0.2) is 4.99 Å². The van der Waals surface area contributed by atoms with E-state index in [2.05, 4.69) is 10.3 Å². The number of nitrogens with one attached hydrogen (secondary N) is 1. The lowest BCUT2D eigenvalue weighted by Crippen LogP contribution is -2.35. The van der Waals surface area contributed by atoms with E-state index in [1.165, 1.54) is 0 Å². The first-order chi connectivity index (χ1) is 6.61. The predicted octanol–water partition coefficient (Wildman–Crippen LogP) is 0.526. The Morgan fingerprint density at radius 2 is 2.29 bits per heavy atom. The molecule has 0 spiro atoms. The zero-order valence-corrected chi connectivity index (χ0v) is 8.92. The predicted molar refractivity (Wildman–Crippen MR) is 57.1 cm³/mol. The highest BCUT2D eigenvalue weighted by molar-refractivity contribution is 5.95. The number of carbonyl (C=O) groups is 1. The van der Waals surface area contributed by atoms with Gasteiger partial charge in [-0.2, -0.15) is 0 Å². The smallest absolute Gasteiger partial charge is 0.251 e. The van der Waals surface area contributed by atoms with Gasteiger partial charge in [0.2, 0.25) is 0 Å². The third-order valence-electron chi connectivity index (χ3n) is 2.48. The fourth-order valence-corrected chi connectivity index (χ4v) is 1.41. The average molecular weight is 197 g/mol. The van der Waals surface area contributed by atoms with Crippen molar-refractivity contribution in [3.05, 3.63) is 0 Å². The lowest BCUT2D eigenvalue weighted by molar-refractivity contribution is -0.122. The number of hydrogen-bond acceptors (Lipinski definition) is 2. The second kappa shape index (κ2) is 5.10. The summed E-state index contributed by atoms with van der Waals surface area (Å²) < 4.78 is 0. The van der Waals surface area contributed by atoms with E-state index < -0.39 is 0 Å². The Balaban J connectivity index is 2.51. The largest absolute Gasteiger partial charge is 0.387 e. The molecule has 4 nitrogen and oxygen atoms in total. The molecule has 1 amide bonds. The molecule has 4 heteroatoms. The Hall–Kier alpha value is -0.900. The van der Waals surface area contributed by atoms with E-state index in [0.29, 0.717) is 5.84 Å². The summed E-state index contributed by atoms with van der Waals surface area (Å²) in [5.74, 6) is 0.556. The van der Waals surface area contributed by atoms with Crippen LogP contribution in [-0.4, -0.2) is 24.8 Å². The maximum absolute atomic E-state index is 11.6. The van der Waals surface area contributed by atoms with Crippen LogP contribution in [0.2, 0.25) is 0 Å². The van der Waals surface area contributed by atoms with Gasteiger partial charge in [0.25, 0.3) is 5.91 Å². The van der Waals surface area contributed by atoms with Gasteiger partial charge in [0.1, 0.15) is 5.84 Å². The summed E-state index contributed by atoms with van der Waals surface area (Å²) in [4.78, 5) is 15.5. The molecule has 0 aliphatic carbocycles.